The zero-order valence-corrected chi connectivity index (χ0v) is 10.6. The maximum atomic E-state index is 5.86. The summed E-state index contributed by atoms with van der Waals surface area (Å²) >= 11 is 0. The molecule has 0 unspecified atom stereocenters. The maximum Gasteiger partial charge on any atom is 0.232 e. The predicted molar refractivity (Wildman–Crippen MR) is 66.6 cm³/mol. The second-order valence-corrected chi connectivity index (χ2v) is 5.53. The number of nitrogens with two attached hydrogens (primary N) is 1. The van der Waals surface area contributed by atoms with Crippen molar-refractivity contribution in [3.8, 4) is 5.88 Å². The van der Waals surface area contributed by atoms with Crippen LogP contribution in [-0.2, 0) is 6.54 Å². The van der Waals surface area contributed by atoms with Gasteiger partial charge in [-0.3, -0.25) is 4.98 Å². The minimum atomic E-state index is 0.283. The highest BCUT2D eigenvalue weighted by molar-refractivity contribution is 5.08. The molecule has 0 bridgehead atoms. The molecule has 0 aliphatic heterocycles. The number of nitrogens with zero attached hydrogens (tertiary/aromatic N) is 2. The first-order valence-electron chi connectivity index (χ1n) is 6.27. The van der Waals surface area contributed by atoms with E-state index in [4.69, 9.17) is 10.5 Å². The largest absolute Gasteiger partial charge is 0.473 e. The minimum Gasteiger partial charge on any atom is -0.473 e. The van der Waals surface area contributed by atoms with E-state index in [1.807, 2.05) is 0 Å². The van der Waals surface area contributed by atoms with E-state index in [0.29, 0.717) is 17.8 Å². The molecule has 1 fully saturated rings. The van der Waals surface area contributed by atoms with E-state index < -0.39 is 0 Å². The van der Waals surface area contributed by atoms with Crippen molar-refractivity contribution in [2.24, 2.45) is 11.1 Å². The molecule has 0 radical (unpaired) electrons. The zero-order valence-electron chi connectivity index (χ0n) is 10.6. The van der Waals surface area contributed by atoms with Gasteiger partial charge in [-0.25, -0.2) is 4.98 Å². The quantitative estimate of drug-likeness (QED) is 0.873. The van der Waals surface area contributed by atoms with Crippen molar-refractivity contribution in [3.63, 3.8) is 0 Å². The third-order valence-electron chi connectivity index (χ3n) is 3.45. The molecule has 94 valence electrons. The smallest absolute Gasteiger partial charge is 0.232 e. The summed E-state index contributed by atoms with van der Waals surface area (Å²) in [6, 6.07) is 0. The summed E-state index contributed by atoms with van der Waals surface area (Å²) in [5.74, 6) is 0.609. The predicted octanol–water partition coefficient (Wildman–Crippen LogP) is 2.28. The van der Waals surface area contributed by atoms with Crippen LogP contribution in [0, 0.1) is 5.41 Å². The molecule has 0 saturated heterocycles. The lowest BCUT2D eigenvalue weighted by Crippen LogP contribution is -2.28. The monoisotopic (exact) mass is 235 g/mol. The normalized spacial score (nSPS) is 20.2. The standard InChI is InChI=1S/C13H21N3O/c1-13(2)5-3-11(4-6-13)17-12-9-15-8-10(7-14)16-12/h8-9,11H,3-7,14H2,1-2H3. The van der Waals surface area contributed by atoms with Crippen molar-refractivity contribution in [1.82, 2.24) is 9.97 Å². The fraction of sp³-hybridized carbons (Fsp3) is 0.692. The van der Waals surface area contributed by atoms with E-state index in [1.54, 1.807) is 12.4 Å². The van der Waals surface area contributed by atoms with Crippen LogP contribution in [0.4, 0.5) is 0 Å². The molecule has 0 atom stereocenters. The van der Waals surface area contributed by atoms with Gasteiger partial charge in [0.25, 0.3) is 0 Å². The van der Waals surface area contributed by atoms with Crippen molar-refractivity contribution < 1.29 is 4.74 Å². The Morgan fingerprint density at radius 2 is 2.06 bits per heavy atom. The van der Waals surface area contributed by atoms with Gasteiger partial charge in [0.15, 0.2) is 0 Å². The first-order chi connectivity index (χ1) is 8.09. The first kappa shape index (κ1) is 12.3. The number of hydrogen-bond donors (Lipinski definition) is 1. The van der Waals surface area contributed by atoms with Crippen LogP contribution in [0.5, 0.6) is 5.88 Å². The highest BCUT2D eigenvalue weighted by atomic mass is 16.5. The summed E-state index contributed by atoms with van der Waals surface area (Å²) in [7, 11) is 0. The Balaban J connectivity index is 1.93. The molecule has 1 aliphatic rings. The van der Waals surface area contributed by atoms with Gasteiger partial charge in [-0.1, -0.05) is 13.8 Å². The molecular formula is C13H21N3O. The lowest BCUT2D eigenvalue weighted by atomic mass is 9.76. The van der Waals surface area contributed by atoms with Gasteiger partial charge in [0.2, 0.25) is 5.88 Å². The molecule has 4 nitrogen and oxygen atoms in total. The van der Waals surface area contributed by atoms with Crippen LogP contribution in [0.1, 0.15) is 45.2 Å². The molecule has 4 heteroatoms. The van der Waals surface area contributed by atoms with Crippen LogP contribution in [-0.4, -0.2) is 16.1 Å². The molecule has 1 saturated carbocycles. The van der Waals surface area contributed by atoms with E-state index >= 15 is 0 Å². The third-order valence-corrected chi connectivity index (χ3v) is 3.45. The van der Waals surface area contributed by atoms with E-state index in [0.717, 1.165) is 18.5 Å². The SMILES string of the molecule is CC1(C)CCC(Oc2cncc(CN)n2)CC1. The lowest BCUT2D eigenvalue weighted by Gasteiger charge is -2.34. The molecule has 0 amide bonds. The van der Waals surface area contributed by atoms with Gasteiger partial charge in [0, 0.05) is 12.7 Å². The molecule has 1 aromatic heterocycles. The van der Waals surface area contributed by atoms with E-state index in [-0.39, 0.29) is 6.10 Å². The Morgan fingerprint density at radius 3 is 2.71 bits per heavy atom. The highest BCUT2D eigenvalue weighted by Gasteiger charge is 2.27. The fourth-order valence-corrected chi connectivity index (χ4v) is 2.20. The van der Waals surface area contributed by atoms with Gasteiger partial charge in [-0.15, -0.1) is 0 Å². The summed E-state index contributed by atoms with van der Waals surface area (Å²) in [6.45, 7) is 5.04. The molecule has 1 heterocycles. The summed E-state index contributed by atoms with van der Waals surface area (Å²) in [5, 5.41) is 0. The summed E-state index contributed by atoms with van der Waals surface area (Å²) in [5.41, 5.74) is 6.77. The molecule has 2 rings (SSSR count). The fourth-order valence-electron chi connectivity index (χ4n) is 2.20. The molecule has 1 aromatic rings. The Hall–Kier alpha value is -1.16. The van der Waals surface area contributed by atoms with Crippen molar-refractivity contribution in [2.45, 2.75) is 52.2 Å². The lowest BCUT2D eigenvalue weighted by molar-refractivity contribution is 0.0943. The zero-order chi connectivity index (χ0) is 12.3. The third kappa shape index (κ3) is 3.40. The molecule has 0 spiro atoms. The topological polar surface area (TPSA) is 61.0 Å². The van der Waals surface area contributed by atoms with Gasteiger partial charge in [0.05, 0.1) is 11.9 Å². The van der Waals surface area contributed by atoms with Crippen LogP contribution in [0.2, 0.25) is 0 Å². The van der Waals surface area contributed by atoms with Crippen molar-refractivity contribution >= 4 is 0 Å². The van der Waals surface area contributed by atoms with Crippen molar-refractivity contribution in [1.29, 1.82) is 0 Å². The molecule has 17 heavy (non-hydrogen) atoms. The van der Waals surface area contributed by atoms with Crippen LogP contribution in [0.3, 0.4) is 0 Å². The van der Waals surface area contributed by atoms with Crippen molar-refractivity contribution in [3.05, 3.63) is 18.1 Å². The maximum absolute atomic E-state index is 5.86. The van der Waals surface area contributed by atoms with Gasteiger partial charge in [-0.05, 0) is 31.1 Å². The molecule has 1 aliphatic carbocycles. The number of rotatable bonds is 3. The molecular weight excluding hydrogens is 214 g/mol. The number of ether oxygens (including phenoxy) is 1. The average Bonchev–Trinajstić information content (AvgIpc) is 2.32. The minimum absolute atomic E-state index is 0.283. The molecule has 0 aromatic carbocycles. The summed E-state index contributed by atoms with van der Waals surface area (Å²) < 4.78 is 5.86. The second kappa shape index (κ2) is 5.00. The number of hydrogen-bond acceptors (Lipinski definition) is 4. The molecule has 2 N–H and O–H groups in total. The van der Waals surface area contributed by atoms with Gasteiger partial charge in [0.1, 0.15) is 6.10 Å². The van der Waals surface area contributed by atoms with Gasteiger partial charge >= 0.3 is 0 Å². The Kier molecular flexibility index (Phi) is 3.62. The first-order valence-corrected chi connectivity index (χ1v) is 6.27. The van der Waals surface area contributed by atoms with Crippen molar-refractivity contribution in [2.75, 3.05) is 0 Å². The summed E-state index contributed by atoms with van der Waals surface area (Å²) in [4.78, 5) is 8.39. The summed E-state index contributed by atoms with van der Waals surface area (Å²) in [6.07, 6.45) is 8.24. The second-order valence-electron chi connectivity index (χ2n) is 5.53. The van der Waals surface area contributed by atoms with Crippen LogP contribution < -0.4 is 10.5 Å². The van der Waals surface area contributed by atoms with Crippen LogP contribution in [0.25, 0.3) is 0 Å². The number of aromatic nitrogens is 2. The van der Waals surface area contributed by atoms with Gasteiger partial charge < -0.3 is 10.5 Å². The Labute approximate surface area is 103 Å². The van der Waals surface area contributed by atoms with E-state index in [1.165, 1.54) is 12.8 Å². The Morgan fingerprint density at radius 1 is 1.35 bits per heavy atom. The van der Waals surface area contributed by atoms with Crippen LogP contribution in [0.15, 0.2) is 12.4 Å². The highest BCUT2D eigenvalue weighted by Crippen LogP contribution is 2.36. The van der Waals surface area contributed by atoms with Gasteiger partial charge in [-0.2, -0.15) is 0 Å². The van der Waals surface area contributed by atoms with E-state index in [9.17, 15) is 0 Å². The Bertz CT molecular complexity index is 369. The van der Waals surface area contributed by atoms with E-state index in [2.05, 4.69) is 23.8 Å². The van der Waals surface area contributed by atoms with Crippen LogP contribution >= 0.6 is 0 Å². The average molecular weight is 235 g/mol.